The molecule has 0 unspecified atom stereocenters. The lowest BCUT2D eigenvalue weighted by atomic mass is 10.2. The average molecular weight is 243 g/mol. The summed E-state index contributed by atoms with van der Waals surface area (Å²) in [6, 6.07) is 2.42. The second-order valence-electron chi connectivity index (χ2n) is 4.78. The van der Waals surface area contributed by atoms with Gasteiger partial charge in [-0.25, -0.2) is 15.0 Å². The first kappa shape index (κ1) is 11.2. The van der Waals surface area contributed by atoms with Crippen molar-refractivity contribution in [1.82, 2.24) is 19.5 Å². The summed E-state index contributed by atoms with van der Waals surface area (Å²) in [5.74, 6) is 1.23. The zero-order valence-corrected chi connectivity index (χ0v) is 10.5. The average Bonchev–Trinajstić information content (AvgIpc) is 3.06. The van der Waals surface area contributed by atoms with Crippen LogP contribution in [0.5, 0.6) is 0 Å². The van der Waals surface area contributed by atoms with Gasteiger partial charge in [-0.1, -0.05) is 13.3 Å². The molecule has 0 atom stereocenters. The Balaban J connectivity index is 2.01. The first-order chi connectivity index (χ1) is 8.78. The van der Waals surface area contributed by atoms with Gasteiger partial charge in [0.1, 0.15) is 11.5 Å². The molecule has 0 aliphatic heterocycles. The quantitative estimate of drug-likeness (QED) is 0.893. The molecule has 1 aliphatic carbocycles. The monoisotopic (exact) mass is 243 g/mol. The van der Waals surface area contributed by atoms with E-state index in [-0.39, 0.29) is 0 Å². The second kappa shape index (κ2) is 4.40. The third-order valence-electron chi connectivity index (χ3n) is 3.14. The summed E-state index contributed by atoms with van der Waals surface area (Å²) in [6.45, 7) is 2.13. The third-order valence-corrected chi connectivity index (χ3v) is 3.14. The standard InChI is InChI=1S/C13H17N5/c1-2-3-9-6-12(14)17-13(16-9)11-7-15-8-18(11)10-4-5-10/h6-8,10H,2-5H2,1H3,(H2,14,16,17). The molecule has 0 radical (unpaired) electrons. The number of nitrogens with two attached hydrogens (primary N) is 1. The number of imidazole rings is 1. The summed E-state index contributed by atoms with van der Waals surface area (Å²) < 4.78 is 2.16. The molecule has 2 aromatic rings. The van der Waals surface area contributed by atoms with Crippen LogP contribution in [-0.4, -0.2) is 19.5 Å². The number of rotatable bonds is 4. The summed E-state index contributed by atoms with van der Waals surface area (Å²) in [7, 11) is 0. The summed E-state index contributed by atoms with van der Waals surface area (Å²) in [4.78, 5) is 13.1. The van der Waals surface area contributed by atoms with Gasteiger partial charge >= 0.3 is 0 Å². The van der Waals surface area contributed by atoms with Crippen LogP contribution in [0.3, 0.4) is 0 Å². The maximum absolute atomic E-state index is 5.86. The first-order valence-corrected chi connectivity index (χ1v) is 6.43. The van der Waals surface area contributed by atoms with E-state index < -0.39 is 0 Å². The lowest BCUT2D eigenvalue weighted by Gasteiger charge is -2.07. The van der Waals surface area contributed by atoms with E-state index in [0.717, 1.165) is 24.2 Å². The highest BCUT2D eigenvalue weighted by molar-refractivity contribution is 5.52. The number of hydrogen-bond acceptors (Lipinski definition) is 4. The maximum Gasteiger partial charge on any atom is 0.180 e. The van der Waals surface area contributed by atoms with Crippen molar-refractivity contribution in [3.8, 4) is 11.5 Å². The Morgan fingerprint density at radius 3 is 2.94 bits per heavy atom. The maximum atomic E-state index is 5.86. The van der Waals surface area contributed by atoms with Crippen LogP contribution >= 0.6 is 0 Å². The predicted octanol–water partition coefficient (Wildman–Crippen LogP) is 2.21. The topological polar surface area (TPSA) is 69.6 Å². The molecule has 1 aliphatic rings. The third kappa shape index (κ3) is 2.08. The van der Waals surface area contributed by atoms with Crippen LogP contribution in [-0.2, 0) is 6.42 Å². The van der Waals surface area contributed by atoms with Crippen molar-refractivity contribution in [1.29, 1.82) is 0 Å². The number of hydrogen-bond donors (Lipinski definition) is 1. The van der Waals surface area contributed by atoms with Crippen molar-refractivity contribution in [2.75, 3.05) is 5.73 Å². The fourth-order valence-electron chi connectivity index (χ4n) is 2.14. The molecule has 2 aromatic heterocycles. The zero-order chi connectivity index (χ0) is 12.5. The Bertz CT molecular complexity index is 556. The van der Waals surface area contributed by atoms with Gasteiger partial charge in [0.2, 0.25) is 0 Å². The molecular weight excluding hydrogens is 226 g/mol. The van der Waals surface area contributed by atoms with Crippen LogP contribution in [0.1, 0.15) is 37.9 Å². The van der Waals surface area contributed by atoms with E-state index in [9.17, 15) is 0 Å². The molecule has 1 saturated carbocycles. The second-order valence-corrected chi connectivity index (χ2v) is 4.78. The van der Waals surface area contributed by atoms with E-state index in [4.69, 9.17) is 5.73 Å². The molecule has 18 heavy (non-hydrogen) atoms. The normalized spacial score (nSPS) is 14.9. The van der Waals surface area contributed by atoms with Gasteiger partial charge in [0.15, 0.2) is 5.82 Å². The van der Waals surface area contributed by atoms with E-state index in [2.05, 4.69) is 26.4 Å². The van der Waals surface area contributed by atoms with Crippen LogP contribution in [0.4, 0.5) is 5.82 Å². The van der Waals surface area contributed by atoms with Crippen LogP contribution in [0, 0.1) is 0 Å². The van der Waals surface area contributed by atoms with Crippen molar-refractivity contribution < 1.29 is 0 Å². The number of aromatic nitrogens is 4. The van der Waals surface area contributed by atoms with E-state index in [1.165, 1.54) is 12.8 Å². The van der Waals surface area contributed by atoms with Crippen LogP contribution in [0.2, 0.25) is 0 Å². The molecule has 2 N–H and O–H groups in total. The van der Waals surface area contributed by atoms with Gasteiger partial charge in [0.25, 0.3) is 0 Å². The number of nitrogens with zero attached hydrogens (tertiary/aromatic N) is 4. The van der Waals surface area contributed by atoms with Gasteiger partial charge in [-0.2, -0.15) is 0 Å². The largest absolute Gasteiger partial charge is 0.384 e. The van der Waals surface area contributed by atoms with Crippen LogP contribution < -0.4 is 5.73 Å². The molecule has 0 amide bonds. The molecule has 5 nitrogen and oxygen atoms in total. The fraction of sp³-hybridized carbons (Fsp3) is 0.462. The van der Waals surface area contributed by atoms with Gasteiger partial charge in [-0.05, 0) is 19.3 Å². The minimum Gasteiger partial charge on any atom is -0.384 e. The molecule has 94 valence electrons. The smallest absolute Gasteiger partial charge is 0.180 e. The number of aryl methyl sites for hydroxylation is 1. The molecule has 0 bridgehead atoms. The summed E-state index contributed by atoms with van der Waals surface area (Å²) >= 11 is 0. The van der Waals surface area contributed by atoms with Crippen LogP contribution in [0.15, 0.2) is 18.6 Å². The molecule has 3 rings (SSSR count). The van der Waals surface area contributed by atoms with Gasteiger partial charge in [-0.15, -0.1) is 0 Å². The molecule has 1 fully saturated rings. The molecular formula is C13H17N5. The van der Waals surface area contributed by atoms with Gasteiger partial charge < -0.3 is 10.3 Å². The summed E-state index contributed by atoms with van der Waals surface area (Å²) in [5.41, 5.74) is 7.83. The molecule has 2 heterocycles. The fourth-order valence-corrected chi connectivity index (χ4v) is 2.14. The lowest BCUT2D eigenvalue weighted by Crippen LogP contribution is -2.03. The van der Waals surface area contributed by atoms with Crippen molar-refractivity contribution in [2.24, 2.45) is 0 Å². The van der Waals surface area contributed by atoms with Crippen molar-refractivity contribution in [3.63, 3.8) is 0 Å². The van der Waals surface area contributed by atoms with Gasteiger partial charge in [0, 0.05) is 17.8 Å². The Labute approximate surface area is 106 Å². The Hall–Kier alpha value is -1.91. The zero-order valence-electron chi connectivity index (χ0n) is 10.5. The summed E-state index contributed by atoms with van der Waals surface area (Å²) in [6.07, 6.45) is 8.10. The molecule has 0 saturated heterocycles. The van der Waals surface area contributed by atoms with Gasteiger partial charge in [-0.3, -0.25) is 0 Å². The van der Waals surface area contributed by atoms with E-state index in [0.29, 0.717) is 17.7 Å². The number of anilines is 1. The van der Waals surface area contributed by atoms with E-state index >= 15 is 0 Å². The predicted molar refractivity (Wildman–Crippen MR) is 69.9 cm³/mol. The minimum absolute atomic E-state index is 0.534. The molecule has 0 aromatic carbocycles. The molecule has 0 spiro atoms. The highest BCUT2D eigenvalue weighted by atomic mass is 15.1. The van der Waals surface area contributed by atoms with Crippen molar-refractivity contribution in [3.05, 3.63) is 24.3 Å². The van der Waals surface area contributed by atoms with Crippen molar-refractivity contribution >= 4 is 5.82 Å². The number of nitrogen functional groups attached to an aromatic ring is 1. The Kier molecular flexibility index (Phi) is 2.74. The summed E-state index contributed by atoms with van der Waals surface area (Å²) in [5, 5.41) is 0. The van der Waals surface area contributed by atoms with Crippen LogP contribution in [0.25, 0.3) is 11.5 Å². The molecule has 5 heteroatoms. The van der Waals surface area contributed by atoms with Gasteiger partial charge in [0.05, 0.1) is 12.5 Å². The highest BCUT2D eigenvalue weighted by Crippen LogP contribution is 2.37. The van der Waals surface area contributed by atoms with E-state index in [1.807, 2.05) is 18.6 Å². The van der Waals surface area contributed by atoms with E-state index in [1.54, 1.807) is 0 Å². The SMILES string of the molecule is CCCc1cc(N)nc(-c2cncn2C2CC2)n1. The Morgan fingerprint density at radius 2 is 2.22 bits per heavy atom. The Morgan fingerprint density at radius 1 is 1.39 bits per heavy atom. The highest BCUT2D eigenvalue weighted by Gasteiger charge is 2.26. The minimum atomic E-state index is 0.534. The lowest BCUT2D eigenvalue weighted by molar-refractivity contribution is 0.741. The first-order valence-electron chi connectivity index (χ1n) is 6.43. The van der Waals surface area contributed by atoms with Crippen molar-refractivity contribution in [2.45, 2.75) is 38.6 Å².